The van der Waals surface area contributed by atoms with Crippen molar-refractivity contribution in [2.24, 2.45) is 0 Å². The van der Waals surface area contributed by atoms with Gasteiger partial charge in [0.25, 0.3) is 5.56 Å². The SMILES string of the molecule is CC(=O)OC[C@H]1O[C@@H](OCC2CCCN2C(=O)Oc2ccc(Cl)cc2-c2nc3ccc(Cl)cc3c(=O)[nH]2)[C@H](OC(C)=O)[C@@H](OC(C)=O)[C@H]1OC(C)=O. The lowest BCUT2D eigenvalue weighted by Crippen LogP contribution is -2.63. The van der Waals surface area contributed by atoms with Crippen molar-refractivity contribution in [3.8, 4) is 17.1 Å². The van der Waals surface area contributed by atoms with Gasteiger partial charge < -0.3 is 43.0 Å². The Morgan fingerprint density at radius 1 is 0.865 bits per heavy atom. The molecule has 0 bridgehead atoms. The van der Waals surface area contributed by atoms with Crippen LogP contribution in [0.2, 0.25) is 10.0 Å². The van der Waals surface area contributed by atoms with Crippen molar-refractivity contribution in [2.45, 2.75) is 77.3 Å². The van der Waals surface area contributed by atoms with Crippen molar-refractivity contribution in [3.05, 3.63) is 56.8 Å². The van der Waals surface area contributed by atoms with Crippen LogP contribution in [0.4, 0.5) is 4.79 Å². The summed E-state index contributed by atoms with van der Waals surface area (Å²) in [5.74, 6) is -2.83. The van der Waals surface area contributed by atoms with Crippen molar-refractivity contribution in [1.82, 2.24) is 14.9 Å². The molecule has 0 spiro atoms. The van der Waals surface area contributed by atoms with E-state index >= 15 is 0 Å². The zero-order chi connectivity index (χ0) is 37.7. The van der Waals surface area contributed by atoms with Crippen LogP contribution in [-0.4, -0.2) is 101 Å². The Morgan fingerprint density at radius 2 is 1.52 bits per heavy atom. The molecular formula is C34H35Cl2N3O13. The first-order chi connectivity index (χ1) is 24.7. The van der Waals surface area contributed by atoms with E-state index in [1.54, 1.807) is 12.1 Å². The summed E-state index contributed by atoms with van der Waals surface area (Å²) < 4.78 is 39.3. The number of halogens is 2. The van der Waals surface area contributed by atoms with Gasteiger partial charge in [-0.2, -0.15) is 0 Å². The summed E-state index contributed by atoms with van der Waals surface area (Å²) in [7, 11) is 0. The van der Waals surface area contributed by atoms with Crippen molar-refractivity contribution in [3.63, 3.8) is 0 Å². The molecule has 0 radical (unpaired) electrons. The predicted molar refractivity (Wildman–Crippen MR) is 181 cm³/mol. The molecule has 1 N–H and O–H groups in total. The van der Waals surface area contributed by atoms with Crippen LogP contribution in [0.1, 0.15) is 40.5 Å². The Kier molecular flexibility index (Phi) is 12.4. The van der Waals surface area contributed by atoms with E-state index in [-0.39, 0.29) is 29.1 Å². The number of likely N-dealkylation sites (tertiary alicyclic amines) is 1. The van der Waals surface area contributed by atoms with Crippen LogP contribution >= 0.6 is 23.2 Å². The van der Waals surface area contributed by atoms with Gasteiger partial charge in [-0.15, -0.1) is 0 Å². The molecule has 1 aromatic heterocycles. The maximum absolute atomic E-state index is 13.6. The lowest BCUT2D eigenvalue weighted by atomic mass is 9.98. The number of benzene rings is 2. The molecule has 52 heavy (non-hydrogen) atoms. The molecule has 1 amide bonds. The number of nitrogens with zero attached hydrogens (tertiary/aromatic N) is 2. The molecule has 16 nitrogen and oxygen atoms in total. The third-order valence-corrected chi connectivity index (χ3v) is 8.54. The molecule has 3 heterocycles. The molecule has 2 saturated heterocycles. The Hall–Kier alpha value is -4.77. The number of esters is 4. The minimum atomic E-state index is -1.43. The van der Waals surface area contributed by atoms with E-state index in [1.807, 2.05) is 0 Å². The minimum Gasteiger partial charge on any atom is -0.463 e. The van der Waals surface area contributed by atoms with Crippen LogP contribution in [0.5, 0.6) is 5.75 Å². The average molecular weight is 765 g/mol. The molecule has 0 aliphatic carbocycles. The monoisotopic (exact) mass is 763 g/mol. The molecule has 0 saturated carbocycles. The smallest absolute Gasteiger partial charge is 0.415 e. The van der Waals surface area contributed by atoms with Gasteiger partial charge in [0.2, 0.25) is 0 Å². The lowest BCUT2D eigenvalue weighted by Gasteiger charge is -2.44. The Bertz CT molecular complexity index is 1920. The quantitative estimate of drug-likeness (QED) is 0.230. The predicted octanol–water partition coefficient (Wildman–Crippen LogP) is 3.96. The summed E-state index contributed by atoms with van der Waals surface area (Å²) in [6.07, 6.45) is -6.49. The number of hydrogen-bond acceptors (Lipinski definition) is 14. The van der Waals surface area contributed by atoms with Gasteiger partial charge in [0.15, 0.2) is 24.6 Å². The molecule has 5 rings (SSSR count). The average Bonchev–Trinajstić information content (AvgIpc) is 3.54. The van der Waals surface area contributed by atoms with Crippen LogP contribution in [0.15, 0.2) is 41.2 Å². The molecule has 278 valence electrons. The summed E-state index contributed by atoms with van der Waals surface area (Å²) in [4.78, 5) is 83.2. The van der Waals surface area contributed by atoms with Crippen molar-refractivity contribution < 1.29 is 57.1 Å². The van der Waals surface area contributed by atoms with E-state index in [2.05, 4.69) is 9.97 Å². The highest BCUT2D eigenvalue weighted by atomic mass is 35.5. The van der Waals surface area contributed by atoms with E-state index in [0.717, 1.165) is 27.7 Å². The molecule has 18 heteroatoms. The number of amides is 1. The van der Waals surface area contributed by atoms with Crippen molar-refractivity contribution in [2.75, 3.05) is 19.8 Å². The van der Waals surface area contributed by atoms with E-state index in [4.69, 9.17) is 56.4 Å². The van der Waals surface area contributed by atoms with Crippen LogP contribution in [-0.2, 0) is 47.6 Å². The van der Waals surface area contributed by atoms with Gasteiger partial charge in [-0.3, -0.25) is 24.0 Å². The fourth-order valence-electron chi connectivity index (χ4n) is 5.95. The number of fused-ring (bicyclic) bond motifs is 1. The Labute approximate surface area is 306 Å². The second kappa shape index (κ2) is 16.7. The van der Waals surface area contributed by atoms with E-state index in [0.29, 0.717) is 34.9 Å². The second-order valence-corrected chi connectivity index (χ2v) is 12.8. The summed E-state index contributed by atoms with van der Waals surface area (Å²) in [6, 6.07) is 8.59. The molecule has 2 aliphatic heterocycles. The maximum Gasteiger partial charge on any atom is 0.415 e. The highest BCUT2D eigenvalue weighted by Gasteiger charge is 2.53. The molecular weight excluding hydrogens is 729 g/mol. The largest absolute Gasteiger partial charge is 0.463 e. The number of hydrogen-bond donors (Lipinski definition) is 1. The number of rotatable bonds is 10. The van der Waals surface area contributed by atoms with Crippen LogP contribution in [0.25, 0.3) is 22.3 Å². The first-order valence-corrected chi connectivity index (χ1v) is 16.9. The van der Waals surface area contributed by atoms with Gasteiger partial charge in [0.05, 0.1) is 29.1 Å². The molecule has 3 aromatic rings. The Balaban J connectivity index is 1.36. The summed E-state index contributed by atoms with van der Waals surface area (Å²) >= 11 is 12.3. The topological polar surface area (TPSA) is 199 Å². The highest BCUT2D eigenvalue weighted by Crippen LogP contribution is 2.34. The molecule has 2 aromatic carbocycles. The number of carbonyl (C=O) groups is 5. The molecule has 6 atom stereocenters. The number of aromatic nitrogens is 2. The minimum absolute atomic E-state index is 0.0667. The number of aromatic amines is 1. The van der Waals surface area contributed by atoms with E-state index in [1.165, 1.54) is 29.2 Å². The number of nitrogens with one attached hydrogen (secondary N) is 1. The maximum atomic E-state index is 13.6. The van der Waals surface area contributed by atoms with Gasteiger partial charge in [-0.25, -0.2) is 9.78 Å². The van der Waals surface area contributed by atoms with Crippen LogP contribution < -0.4 is 10.3 Å². The molecule has 2 fully saturated rings. The summed E-state index contributed by atoms with van der Waals surface area (Å²) in [5, 5.41) is 0.933. The summed E-state index contributed by atoms with van der Waals surface area (Å²) in [5.41, 5.74) is 0.150. The zero-order valence-corrected chi connectivity index (χ0v) is 29.9. The Morgan fingerprint density at radius 3 is 2.21 bits per heavy atom. The van der Waals surface area contributed by atoms with Gasteiger partial charge in [0, 0.05) is 44.3 Å². The van der Waals surface area contributed by atoms with E-state index in [9.17, 15) is 28.8 Å². The van der Waals surface area contributed by atoms with Gasteiger partial charge in [-0.05, 0) is 49.2 Å². The van der Waals surface area contributed by atoms with Gasteiger partial charge in [-0.1, -0.05) is 23.2 Å². The molecule has 2 aliphatic rings. The normalized spacial score (nSPS) is 22.8. The van der Waals surface area contributed by atoms with E-state index < -0.39 is 78.9 Å². The number of ether oxygens (including phenoxy) is 7. The van der Waals surface area contributed by atoms with Crippen molar-refractivity contribution in [1.29, 1.82) is 0 Å². The number of H-pyrrole nitrogens is 1. The van der Waals surface area contributed by atoms with Gasteiger partial charge in [0.1, 0.15) is 24.3 Å². The zero-order valence-electron chi connectivity index (χ0n) is 28.4. The van der Waals surface area contributed by atoms with Crippen molar-refractivity contribution >= 4 is 64.1 Å². The third-order valence-electron chi connectivity index (χ3n) is 8.07. The standard InChI is InChI=1S/C34H35Cl2N3O13/c1-16(40)46-15-27-28(48-17(2)41)29(49-18(3)42)30(50-19(4)43)33(51-27)47-14-22-6-5-11-39(22)34(45)52-26-10-8-21(36)13-24(26)31-37-25-9-7-20(35)12-23(25)32(44)38-31/h7-10,12-13,22,27-30,33H,5-6,11,14-15H2,1-4H3,(H,37,38,44)/t22?,27-,28+,29+,30-,33-/m1/s1. The third kappa shape index (κ3) is 9.36. The van der Waals surface area contributed by atoms with Gasteiger partial charge >= 0.3 is 30.0 Å². The second-order valence-electron chi connectivity index (χ2n) is 12.0. The van der Waals surface area contributed by atoms with Crippen LogP contribution in [0, 0.1) is 0 Å². The fraction of sp³-hybridized carbons (Fsp3) is 0.441. The first-order valence-electron chi connectivity index (χ1n) is 16.1. The highest BCUT2D eigenvalue weighted by molar-refractivity contribution is 6.31. The summed E-state index contributed by atoms with van der Waals surface area (Å²) in [6.45, 7) is 4.21. The lowest BCUT2D eigenvalue weighted by molar-refractivity contribution is -0.309. The van der Waals surface area contributed by atoms with Crippen LogP contribution in [0.3, 0.4) is 0 Å². The number of carbonyl (C=O) groups excluding carboxylic acids is 5. The fourth-order valence-corrected chi connectivity index (χ4v) is 6.29. The molecule has 1 unspecified atom stereocenters. The first kappa shape index (κ1) is 38.5.